The van der Waals surface area contributed by atoms with Crippen molar-refractivity contribution in [3.05, 3.63) is 29.8 Å². The third kappa shape index (κ3) is 3.17. The summed E-state index contributed by atoms with van der Waals surface area (Å²) in [6.45, 7) is 1.75. The van der Waals surface area contributed by atoms with Crippen LogP contribution in [-0.4, -0.2) is 38.2 Å². The molecule has 1 aromatic carbocycles. The Hall–Kier alpha value is -1.44. The first-order chi connectivity index (χ1) is 9.42. The molecule has 1 aliphatic rings. The Bertz CT molecular complexity index is 590. The molecule has 0 unspecified atom stereocenters. The molecular formula is C13H17NO5S. The fourth-order valence-corrected chi connectivity index (χ4v) is 3.22. The Morgan fingerprint density at radius 2 is 1.95 bits per heavy atom. The molecule has 7 heteroatoms. The van der Waals surface area contributed by atoms with Crippen LogP contribution in [0.25, 0.3) is 0 Å². The molecule has 2 rings (SSSR count). The Morgan fingerprint density at radius 1 is 1.35 bits per heavy atom. The molecule has 2 N–H and O–H groups in total. The lowest BCUT2D eigenvalue weighted by molar-refractivity contribution is 0.0526. The number of aliphatic hydroxyl groups is 1. The molecule has 1 aromatic rings. The Labute approximate surface area is 117 Å². The number of rotatable bonds is 6. The molecule has 0 radical (unpaired) electrons. The first kappa shape index (κ1) is 15.0. The SMILES string of the molecule is CCOC(=O)c1ccc(S(=O)(=O)NC2(CO)CC2)cc1. The van der Waals surface area contributed by atoms with Crippen LogP contribution < -0.4 is 4.72 Å². The monoisotopic (exact) mass is 299 g/mol. The molecule has 1 aliphatic carbocycles. The highest BCUT2D eigenvalue weighted by molar-refractivity contribution is 7.89. The summed E-state index contributed by atoms with van der Waals surface area (Å²) in [4.78, 5) is 11.5. The fraction of sp³-hybridized carbons (Fsp3) is 0.462. The van der Waals surface area contributed by atoms with Gasteiger partial charge in [0.1, 0.15) is 0 Å². The number of ether oxygens (including phenoxy) is 1. The minimum absolute atomic E-state index is 0.0604. The highest BCUT2D eigenvalue weighted by atomic mass is 32.2. The van der Waals surface area contributed by atoms with E-state index in [0.717, 1.165) is 0 Å². The van der Waals surface area contributed by atoms with E-state index in [1.807, 2.05) is 0 Å². The average molecular weight is 299 g/mol. The lowest BCUT2D eigenvalue weighted by atomic mass is 10.2. The van der Waals surface area contributed by atoms with E-state index in [9.17, 15) is 13.2 Å². The average Bonchev–Trinajstić information content (AvgIpc) is 3.19. The number of sulfonamides is 1. The van der Waals surface area contributed by atoms with Crippen molar-refractivity contribution in [1.29, 1.82) is 0 Å². The number of benzene rings is 1. The molecule has 0 spiro atoms. The molecule has 0 saturated heterocycles. The van der Waals surface area contributed by atoms with Crippen LogP contribution in [0.3, 0.4) is 0 Å². The van der Waals surface area contributed by atoms with Crippen molar-refractivity contribution in [2.45, 2.75) is 30.2 Å². The molecule has 0 atom stereocenters. The summed E-state index contributed by atoms with van der Waals surface area (Å²) >= 11 is 0. The van der Waals surface area contributed by atoms with Gasteiger partial charge in [0.2, 0.25) is 10.0 Å². The van der Waals surface area contributed by atoms with E-state index in [0.29, 0.717) is 18.4 Å². The van der Waals surface area contributed by atoms with E-state index in [1.165, 1.54) is 24.3 Å². The van der Waals surface area contributed by atoms with Gasteiger partial charge in [0.25, 0.3) is 0 Å². The largest absolute Gasteiger partial charge is 0.462 e. The molecule has 20 heavy (non-hydrogen) atoms. The first-order valence-electron chi connectivity index (χ1n) is 6.34. The molecule has 0 aromatic heterocycles. The Balaban J connectivity index is 2.15. The summed E-state index contributed by atoms with van der Waals surface area (Å²) in [5.74, 6) is -0.488. The van der Waals surface area contributed by atoms with E-state index < -0.39 is 21.5 Å². The standard InChI is InChI=1S/C13H17NO5S/c1-2-19-12(16)10-3-5-11(6-4-10)20(17,18)14-13(9-15)7-8-13/h3-6,14-15H,2,7-9H2,1H3. The molecule has 1 fully saturated rings. The number of carbonyl (C=O) groups excluding carboxylic acids is 1. The molecule has 0 bridgehead atoms. The smallest absolute Gasteiger partial charge is 0.338 e. The van der Waals surface area contributed by atoms with E-state index in [4.69, 9.17) is 9.84 Å². The second kappa shape index (κ2) is 5.51. The second-order valence-corrected chi connectivity index (χ2v) is 6.47. The van der Waals surface area contributed by atoms with Gasteiger partial charge in [-0.15, -0.1) is 0 Å². The maximum absolute atomic E-state index is 12.1. The number of aliphatic hydroxyl groups excluding tert-OH is 1. The van der Waals surface area contributed by atoms with Gasteiger partial charge >= 0.3 is 5.97 Å². The molecular weight excluding hydrogens is 282 g/mol. The van der Waals surface area contributed by atoms with E-state index in [1.54, 1.807) is 6.92 Å². The first-order valence-corrected chi connectivity index (χ1v) is 7.83. The van der Waals surface area contributed by atoms with Gasteiger partial charge in [-0.1, -0.05) is 0 Å². The second-order valence-electron chi connectivity index (χ2n) is 4.79. The van der Waals surface area contributed by atoms with Crippen LogP contribution in [0, 0.1) is 0 Å². The summed E-state index contributed by atoms with van der Waals surface area (Å²) in [6.07, 6.45) is 1.26. The number of carbonyl (C=O) groups is 1. The van der Waals surface area contributed by atoms with Crippen LogP contribution in [0.2, 0.25) is 0 Å². The van der Waals surface area contributed by atoms with Gasteiger partial charge in [-0.2, -0.15) is 0 Å². The summed E-state index contributed by atoms with van der Waals surface area (Å²) in [6, 6.07) is 5.51. The minimum Gasteiger partial charge on any atom is -0.462 e. The van der Waals surface area contributed by atoms with Crippen molar-refractivity contribution in [3.63, 3.8) is 0 Å². The van der Waals surface area contributed by atoms with Crippen molar-refractivity contribution in [3.8, 4) is 0 Å². The quantitative estimate of drug-likeness (QED) is 0.753. The third-order valence-corrected chi connectivity index (χ3v) is 4.78. The van der Waals surface area contributed by atoms with Crippen LogP contribution in [0.1, 0.15) is 30.1 Å². The van der Waals surface area contributed by atoms with Crippen molar-refractivity contribution in [1.82, 2.24) is 4.72 Å². The predicted molar refractivity (Wildman–Crippen MR) is 71.8 cm³/mol. The van der Waals surface area contributed by atoms with Crippen LogP contribution in [0.4, 0.5) is 0 Å². The van der Waals surface area contributed by atoms with Crippen LogP contribution in [-0.2, 0) is 14.8 Å². The van der Waals surface area contributed by atoms with Gasteiger partial charge in [0.05, 0.1) is 29.2 Å². The maximum atomic E-state index is 12.1. The van der Waals surface area contributed by atoms with Crippen molar-refractivity contribution >= 4 is 16.0 Å². The maximum Gasteiger partial charge on any atom is 0.338 e. The molecule has 0 aliphatic heterocycles. The fourth-order valence-electron chi connectivity index (χ4n) is 1.77. The summed E-state index contributed by atoms with van der Waals surface area (Å²) in [5.41, 5.74) is -0.410. The van der Waals surface area contributed by atoms with Crippen LogP contribution in [0.5, 0.6) is 0 Å². The van der Waals surface area contributed by atoms with E-state index >= 15 is 0 Å². The summed E-state index contributed by atoms with van der Waals surface area (Å²) < 4.78 is 31.5. The van der Waals surface area contributed by atoms with E-state index in [-0.39, 0.29) is 18.1 Å². The van der Waals surface area contributed by atoms with E-state index in [2.05, 4.69) is 4.72 Å². The van der Waals surface area contributed by atoms with Gasteiger partial charge in [-0.05, 0) is 44.0 Å². The zero-order chi connectivity index (χ0) is 14.8. The molecule has 0 heterocycles. The molecule has 0 amide bonds. The van der Waals surface area contributed by atoms with Crippen molar-refractivity contribution in [2.24, 2.45) is 0 Å². The lowest BCUT2D eigenvalue weighted by Gasteiger charge is -2.14. The molecule has 6 nitrogen and oxygen atoms in total. The minimum atomic E-state index is -3.68. The highest BCUT2D eigenvalue weighted by Crippen LogP contribution is 2.36. The number of esters is 1. The summed E-state index contributed by atoms with van der Waals surface area (Å²) in [5, 5.41) is 9.15. The number of hydrogen-bond acceptors (Lipinski definition) is 5. The predicted octanol–water partition coefficient (Wildman–Crippen LogP) is 0.666. The Morgan fingerprint density at radius 3 is 2.40 bits per heavy atom. The zero-order valence-electron chi connectivity index (χ0n) is 11.1. The Kier molecular flexibility index (Phi) is 4.12. The zero-order valence-corrected chi connectivity index (χ0v) is 11.9. The van der Waals surface area contributed by atoms with Gasteiger partial charge in [-0.25, -0.2) is 17.9 Å². The van der Waals surface area contributed by atoms with Gasteiger partial charge in [-0.3, -0.25) is 0 Å². The third-order valence-electron chi connectivity index (χ3n) is 3.18. The normalized spacial score (nSPS) is 16.7. The van der Waals surface area contributed by atoms with Crippen LogP contribution in [0.15, 0.2) is 29.2 Å². The number of hydrogen-bond donors (Lipinski definition) is 2. The van der Waals surface area contributed by atoms with Gasteiger partial charge < -0.3 is 9.84 Å². The van der Waals surface area contributed by atoms with Crippen LogP contribution >= 0.6 is 0 Å². The molecule has 110 valence electrons. The lowest BCUT2D eigenvalue weighted by Crippen LogP contribution is -2.39. The molecule has 1 saturated carbocycles. The van der Waals surface area contributed by atoms with Crippen molar-refractivity contribution < 1.29 is 23.1 Å². The highest BCUT2D eigenvalue weighted by Gasteiger charge is 2.45. The summed E-state index contributed by atoms with van der Waals surface area (Å²) in [7, 11) is -3.68. The van der Waals surface area contributed by atoms with Gasteiger partial charge in [0, 0.05) is 0 Å². The topological polar surface area (TPSA) is 92.7 Å². The van der Waals surface area contributed by atoms with Crippen molar-refractivity contribution in [2.75, 3.05) is 13.2 Å². The van der Waals surface area contributed by atoms with Gasteiger partial charge in [0.15, 0.2) is 0 Å². The number of nitrogens with one attached hydrogen (secondary N) is 1.